The molecule has 0 saturated carbocycles. The highest BCUT2D eigenvalue weighted by molar-refractivity contribution is 9.11. The quantitative estimate of drug-likeness (QED) is 0.938. The third-order valence-corrected chi connectivity index (χ3v) is 3.62. The van der Waals surface area contributed by atoms with E-state index in [0.717, 1.165) is 16.0 Å². The summed E-state index contributed by atoms with van der Waals surface area (Å²) in [5.74, 6) is 0.629. The summed E-state index contributed by atoms with van der Waals surface area (Å²) in [5.41, 5.74) is 2.25. The number of methoxy groups -OCH3 is 1. The van der Waals surface area contributed by atoms with Crippen LogP contribution in [0.25, 0.3) is 0 Å². The molecular weight excluding hydrogens is 288 g/mol. The predicted octanol–water partition coefficient (Wildman–Crippen LogP) is 3.53. The third-order valence-electron chi connectivity index (χ3n) is 2.06. The summed E-state index contributed by atoms with van der Waals surface area (Å²) in [4.78, 5) is 4.12. The maximum absolute atomic E-state index is 4.99. The van der Waals surface area contributed by atoms with E-state index in [1.165, 1.54) is 5.56 Å². The van der Waals surface area contributed by atoms with Gasteiger partial charge in [-0.2, -0.15) is 0 Å². The van der Waals surface area contributed by atoms with Gasteiger partial charge >= 0.3 is 0 Å². The number of hydrogen-bond acceptors (Lipinski definition) is 4. The van der Waals surface area contributed by atoms with Crippen molar-refractivity contribution in [2.45, 2.75) is 6.54 Å². The fraction of sp³-hybridized carbons (Fsp3) is 0.182. The SMILES string of the molecule is COc1ccc(NCc2csc(Br)c2)cn1. The van der Waals surface area contributed by atoms with E-state index >= 15 is 0 Å². The molecule has 0 unspecified atom stereocenters. The van der Waals surface area contributed by atoms with Crippen LogP contribution in [0.15, 0.2) is 33.6 Å². The Morgan fingerprint density at radius 3 is 2.94 bits per heavy atom. The monoisotopic (exact) mass is 298 g/mol. The minimum Gasteiger partial charge on any atom is -0.481 e. The largest absolute Gasteiger partial charge is 0.481 e. The second-order valence-corrected chi connectivity index (χ2v) is 5.49. The van der Waals surface area contributed by atoms with Crippen molar-refractivity contribution < 1.29 is 4.74 Å². The standard InChI is InChI=1S/C11H11BrN2OS/c1-15-11-3-2-9(6-14-11)13-5-8-4-10(12)16-7-8/h2-4,6-7,13H,5H2,1H3. The Labute approximate surface area is 107 Å². The van der Waals surface area contributed by atoms with E-state index in [9.17, 15) is 0 Å². The number of anilines is 1. The van der Waals surface area contributed by atoms with Crippen LogP contribution in [0.3, 0.4) is 0 Å². The summed E-state index contributed by atoms with van der Waals surface area (Å²) in [6.45, 7) is 0.802. The smallest absolute Gasteiger partial charge is 0.213 e. The lowest BCUT2D eigenvalue weighted by atomic mass is 10.3. The molecule has 16 heavy (non-hydrogen) atoms. The molecule has 0 fully saturated rings. The van der Waals surface area contributed by atoms with Gasteiger partial charge in [0.25, 0.3) is 0 Å². The average Bonchev–Trinajstić information content (AvgIpc) is 2.73. The first-order valence-electron chi connectivity index (χ1n) is 4.75. The highest BCUT2D eigenvalue weighted by Gasteiger charge is 1.98. The maximum Gasteiger partial charge on any atom is 0.213 e. The first-order valence-corrected chi connectivity index (χ1v) is 6.42. The number of thiophene rings is 1. The van der Waals surface area contributed by atoms with Gasteiger partial charge in [-0.05, 0) is 39.0 Å². The first kappa shape index (κ1) is 11.4. The molecule has 0 saturated heterocycles. The van der Waals surface area contributed by atoms with Gasteiger partial charge in [0.2, 0.25) is 5.88 Å². The Balaban J connectivity index is 1.94. The molecule has 0 bridgehead atoms. The highest BCUT2D eigenvalue weighted by atomic mass is 79.9. The van der Waals surface area contributed by atoms with Gasteiger partial charge in [0.05, 0.1) is 22.8 Å². The summed E-state index contributed by atoms with van der Waals surface area (Å²) >= 11 is 5.13. The van der Waals surface area contributed by atoms with Crippen LogP contribution in [0.4, 0.5) is 5.69 Å². The van der Waals surface area contributed by atoms with Crippen molar-refractivity contribution in [2.24, 2.45) is 0 Å². The van der Waals surface area contributed by atoms with Crippen molar-refractivity contribution in [1.29, 1.82) is 0 Å². The molecule has 0 spiro atoms. The summed E-state index contributed by atoms with van der Waals surface area (Å²) in [6.07, 6.45) is 1.76. The topological polar surface area (TPSA) is 34.1 Å². The second kappa shape index (κ2) is 5.32. The van der Waals surface area contributed by atoms with Crippen molar-refractivity contribution in [3.8, 4) is 5.88 Å². The van der Waals surface area contributed by atoms with Crippen LogP contribution < -0.4 is 10.1 Å². The molecule has 0 aliphatic carbocycles. The second-order valence-electron chi connectivity index (χ2n) is 3.20. The van der Waals surface area contributed by atoms with Crippen molar-refractivity contribution >= 4 is 33.0 Å². The van der Waals surface area contributed by atoms with Gasteiger partial charge in [-0.25, -0.2) is 4.98 Å². The molecule has 2 heterocycles. The minimum atomic E-state index is 0.629. The maximum atomic E-state index is 4.99. The van der Waals surface area contributed by atoms with E-state index in [2.05, 4.69) is 37.7 Å². The molecule has 0 aliphatic heterocycles. The molecule has 0 aliphatic rings. The molecule has 2 aromatic rings. The number of nitrogens with one attached hydrogen (secondary N) is 1. The summed E-state index contributed by atoms with van der Waals surface area (Å²) < 4.78 is 6.14. The number of pyridine rings is 1. The summed E-state index contributed by atoms with van der Waals surface area (Å²) in [5, 5.41) is 5.41. The lowest BCUT2D eigenvalue weighted by Gasteiger charge is -2.05. The highest BCUT2D eigenvalue weighted by Crippen LogP contribution is 2.21. The zero-order chi connectivity index (χ0) is 11.4. The van der Waals surface area contributed by atoms with Gasteiger partial charge in [-0.3, -0.25) is 0 Å². The number of rotatable bonds is 4. The molecule has 0 aromatic carbocycles. The number of aromatic nitrogens is 1. The Morgan fingerprint density at radius 2 is 2.38 bits per heavy atom. The molecule has 1 N–H and O–H groups in total. The fourth-order valence-electron chi connectivity index (χ4n) is 1.25. The molecule has 3 nitrogen and oxygen atoms in total. The van der Waals surface area contributed by atoms with Crippen LogP contribution in [0.5, 0.6) is 5.88 Å². The van der Waals surface area contributed by atoms with E-state index in [-0.39, 0.29) is 0 Å². The average molecular weight is 299 g/mol. The molecular formula is C11H11BrN2OS. The van der Waals surface area contributed by atoms with Crippen molar-refractivity contribution in [1.82, 2.24) is 4.98 Å². The molecule has 2 rings (SSSR count). The van der Waals surface area contributed by atoms with Gasteiger partial charge in [0.15, 0.2) is 0 Å². The van der Waals surface area contributed by atoms with Gasteiger partial charge in [0.1, 0.15) is 0 Å². The summed E-state index contributed by atoms with van der Waals surface area (Å²) in [7, 11) is 1.61. The van der Waals surface area contributed by atoms with Crippen LogP contribution in [-0.2, 0) is 6.54 Å². The van der Waals surface area contributed by atoms with E-state index in [1.54, 1.807) is 24.6 Å². The number of halogens is 1. The number of nitrogens with zero attached hydrogens (tertiary/aromatic N) is 1. The fourth-order valence-corrected chi connectivity index (χ4v) is 2.46. The van der Waals surface area contributed by atoms with Crippen LogP contribution in [0, 0.1) is 0 Å². The van der Waals surface area contributed by atoms with Crippen LogP contribution in [0.1, 0.15) is 5.56 Å². The zero-order valence-corrected chi connectivity index (χ0v) is 11.1. The van der Waals surface area contributed by atoms with Gasteiger partial charge in [-0.1, -0.05) is 0 Å². The first-order chi connectivity index (χ1) is 7.78. The zero-order valence-electron chi connectivity index (χ0n) is 8.74. The van der Waals surface area contributed by atoms with Crippen LogP contribution >= 0.6 is 27.3 Å². The van der Waals surface area contributed by atoms with E-state index in [4.69, 9.17) is 4.74 Å². The van der Waals surface area contributed by atoms with Gasteiger partial charge in [0, 0.05) is 12.6 Å². The van der Waals surface area contributed by atoms with E-state index in [0.29, 0.717) is 5.88 Å². The normalized spacial score (nSPS) is 10.1. The molecule has 5 heteroatoms. The number of hydrogen-bond donors (Lipinski definition) is 1. The molecule has 2 aromatic heterocycles. The molecule has 0 radical (unpaired) electrons. The van der Waals surface area contributed by atoms with Gasteiger partial charge < -0.3 is 10.1 Å². The van der Waals surface area contributed by atoms with Crippen molar-refractivity contribution in [2.75, 3.05) is 12.4 Å². The molecule has 0 atom stereocenters. The van der Waals surface area contributed by atoms with Crippen LogP contribution in [0.2, 0.25) is 0 Å². The lowest BCUT2D eigenvalue weighted by Crippen LogP contribution is -1.98. The van der Waals surface area contributed by atoms with Crippen molar-refractivity contribution in [3.05, 3.63) is 39.1 Å². The summed E-state index contributed by atoms with van der Waals surface area (Å²) in [6, 6.07) is 5.90. The predicted molar refractivity (Wildman–Crippen MR) is 70.1 cm³/mol. The van der Waals surface area contributed by atoms with Crippen molar-refractivity contribution in [3.63, 3.8) is 0 Å². The Bertz CT molecular complexity index is 455. The third kappa shape index (κ3) is 2.96. The van der Waals surface area contributed by atoms with Gasteiger partial charge in [-0.15, -0.1) is 11.3 Å². The molecule has 84 valence electrons. The van der Waals surface area contributed by atoms with E-state index in [1.807, 2.05) is 12.1 Å². The molecule has 0 amide bonds. The van der Waals surface area contributed by atoms with E-state index < -0.39 is 0 Å². The lowest BCUT2D eigenvalue weighted by molar-refractivity contribution is 0.398. The Morgan fingerprint density at radius 1 is 1.50 bits per heavy atom. The Hall–Kier alpha value is -1.07. The minimum absolute atomic E-state index is 0.629. The number of ether oxygens (including phenoxy) is 1. The van der Waals surface area contributed by atoms with Crippen LogP contribution in [-0.4, -0.2) is 12.1 Å². The Kier molecular flexibility index (Phi) is 3.79.